The molecule has 7 heavy (non-hydrogen) atoms. The fourth-order valence-corrected chi connectivity index (χ4v) is 0.280. The number of hydrogen-bond donors (Lipinski definition) is 2. The number of halogens is 1. The van der Waals surface area contributed by atoms with Crippen molar-refractivity contribution in [3.8, 4) is 0 Å². The van der Waals surface area contributed by atoms with Gasteiger partial charge < -0.3 is 5.41 Å². The monoisotopic (exact) mass is 227 g/mol. The van der Waals surface area contributed by atoms with E-state index in [1.54, 1.807) is 0 Å². The summed E-state index contributed by atoms with van der Waals surface area (Å²) in [4.78, 5) is 0. The molecule has 0 rings (SSSR count). The van der Waals surface area contributed by atoms with E-state index >= 15 is 0 Å². The highest BCUT2D eigenvalue weighted by Gasteiger charge is 1.83. The Morgan fingerprint density at radius 1 is 1.86 bits per heavy atom. The van der Waals surface area contributed by atoms with Crippen molar-refractivity contribution >= 4 is 41.4 Å². The van der Waals surface area contributed by atoms with Crippen molar-refractivity contribution in [1.29, 1.82) is 5.41 Å². The van der Waals surface area contributed by atoms with Gasteiger partial charge in [-0.2, -0.15) is 0 Å². The van der Waals surface area contributed by atoms with Crippen LogP contribution in [0.5, 0.6) is 0 Å². The van der Waals surface area contributed by atoms with Gasteiger partial charge in [-0.05, 0) is 35.1 Å². The van der Waals surface area contributed by atoms with E-state index in [1.165, 1.54) is 6.21 Å². The second kappa shape index (κ2) is 3.49. The van der Waals surface area contributed by atoms with Gasteiger partial charge in [-0.1, -0.05) is 0 Å². The summed E-state index contributed by atoms with van der Waals surface area (Å²) in [6.45, 7) is 1.85. The summed E-state index contributed by atoms with van der Waals surface area (Å²) in [7, 11) is 0. The second-order valence-corrected chi connectivity index (χ2v) is 3.50. The molecule has 0 saturated heterocycles. The molecule has 0 spiro atoms. The van der Waals surface area contributed by atoms with E-state index < -0.39 is 0 Å². The third-order valence-corrected chi connectivity index (χ3v) is 1.75. The third-order valence-electron chi connectivity index (χ3n) is 0.542. The smallest absolute Gasteiger partial charge is 0.0471 e. The fraction of sp³-hybridized carbons (Fsp3) is 0.250. The number of thiol groups is 1. The van der Waals surface area contributed by atoms with Crippen LogP contribution in [-0.4, -0.2) is 6.21 Å². The first-order valence-electron chi connectivity index (χ1n) is 1.74. The average Bonchev–Trinajstić information content (AvgIpc) is 1.65. The van der Waals surface area contributed by atoms with E-state index in [4.69, 9.17) is 5.41 Å². The minimum atomic E-state index is 0.882. The Balaban J connectivity index is 3.98. The van der Waals surface area contributed by atoms with Gasteiger partial charge >= 0.3 is 0 Å². The molecule has 0 radical (unpaired) electrons. The topological polar surface area (TPSA) is 23.9 Å². The van der Waals surface area contributed by atoms with E-state index in [2.05, 4.69) is 35.2 Å². The second-order valence-electron chi connectivity index (χ2n) is 1.12. The van der Waals surface area contributed by atoms with Crippen LogP contribution in [-0.2, 0) is 0 Å². The Kier molecular flexibility index (Phi) is 3.73. The lowest BCUT2D eigenvalue weighted by Gasteiger charge is -1.85. The Morgan fingerprint density at radius 3 is 2.29 bits per heavy atom. The quantitative estimate of drug-likeness (QED) is 0.390. The van der Waals surface area contributed by atoms with Gasteiger partial charge in [0.05, 0.1) is 0 Å². The van der Waals surface area contributed by atoms with Gasteiger partial charge in [-0.25, -0.2) is 0 Å². The molecular weight excluding hydrogens is 221 g/mol. The van der Waals surface area contributed by atoms with E-state index in [0.717, 1.165) is 8.48 Å². The largest absolute Gasteiger partial charge is 0.308 e. The van der Waals surface area contributed by atoms with Crippen LogP contribution in [0.2, 0.25) is 0 Å². The van der Waals surface area contributed by atoms with Crippen LogP contribution in [0.4, 0.5) is 0 Å². The summed E-state index contributed by atoms with van der Waals surface area (Å²) in [6.07, 6.45) is 1.29. The number of rotatable bonds is 1. The summed E-state index contributed by atoms with van der Waals surface area (Å²) in [5, 5.41) is 6.70. The molecule has 0 aliphatic carbocycles. The van der Waals surface area contributed by atoms with Crippen molar-refractivity contribution in [2.24, 2.45) is 0 Å². The maximum atomic E-state index is 6.70. The predicted octanol–water partition coefficient (Wildman–Crippen LogP) is 2.23. The van der Waals surface area contributed by atoms with E-state index in [-0.39, 0.29) is 0 Å². The molecule has 0 saturated carbocycles. The van der Waals surface area contributed by atoms with Gasteiger partial charge in [-0.3, -0.25) is 0 Å². The Hall–Kier alpha value is 0.490. The molecule has 0 bridgehead atoms. The predicted molar refractivity (Wildman–Crippen MR) is 44.5 cm³/mol. The Morgan fingerprint density at radius 2 is 2.29 bits per heavy atom. The summed E-state index contributed by atoms with van der Waals surface area (Å²) in [5.74, 6) is 0. The molecule has 0 atom stereocenters. The van der Waals surface area contributed by atoms with Gasteiger partial charge in [0.25, 0.3) is 0 Å². The zero-order valence-electron chi connectivity index (χ0n) is 3.90. The van der Waals surface area contributed by atoms with Gasteiger partial charge in [0.1, 0.15) is 0 Å². The molecule has 1 nitrogen and oxygen atoms in total. The molecular formula is C4H6INS. The molecule has 0 aliphatic heterocycles. The third kappa shape index (κ3) is 3.11. The maximum absolute atomic E-state index is 6.70. The molecule has 1 N–H and O–H groups in total. The van der Waals surface area contributed by atoms with Gasteiger partial charge in [0.15, 0.2) is 0 Å². The molecule has 0 fully saturated rings. The molecule has 0 heterocycles. The van der Waals surface area contributed by atoms with Crippen molar-refractivity contribution < 1.29 is 0 Å². The summed E-state index contributed by atoms with van der Waals surface area (Å²) in [6, 6.07) is 0. The standard InChI is InChI=1S/C4H6INS/c1-3(2-6)4(5)7/h2,6-7H,1H3/b4-3-,6-2?. The lowest BCUT2D eigenvalue weighted by Crippen LogP contribution is -1.71. The maximum Gasteiger partial charge on any atom is 0.0471 e. The number of hydrogen-bond acceptors (Lipinski definition) is 2. The van der Waals surface area contributed by atoms with Crippen LogP contribution < -0.4 is 0 Å². The normalized spacial score (nSPS) is 13.0. The molecule has 0 aliphatic rings. The van der Waals surface area contributed by atoms with Crippen LogP contribution >= 0.6 is 35.2 Å². The average molecular weight is 227 g/mol. The minimum absolute atomic E-state index is 0.882. The zero-order chi connectivity index (χ0) is 5.86. The molecule has 0 unspecified atom stereocenters. The number of nitrogens with one attached hydrogen (secondary N) is 1. The van der Waals surface area contributed by atoms with E-state index in [9.17, 15) is 0 Å². The highest BCUT2D eigenvalue weighted by atomic mass is 127. The van der Waals surface area contributed by atoms with Crippen molar-refractivity contribution in [1.82, 2.24) is 0 Å². The molecule has 40 valence electrons. The van der Waals surface area contributed by atoms with Crippen LogP contribution in [0.25, 0.3) is 0 Å². The van der Waals surface area contributed by atoms with E-state index in [0.29, 0.717) is 0 Å². The number of allylic oxidation sites excluding steroid dienone is 1. The highest BCUT2D eigenvalue weighted by molar-refractivity contribution is 14.1. The molecule has 3 heteroatoms. The lowest BCUT2D eigenvalue weighted by atomic mass is 10.4. The summed E-state index contributed by atoms with van der Waals surface area (Å²) >= 11 is 6.05. The zero-order valence-corrected chi connectivity index (χ0v) is 6.95. The van der Waals surface area contributed by atoms with Gasteiger partial charge in [-0.15, -0.1) is 12.6 Å². The van der Waals surface area contributed by atoms with E-state index in [1.807, 2.05) is 6.92 Å². The van der Waals surface area contributed by atoms with Gasteiger partial charge in [0.2, 0.25) is 0 Å². The molecule has 0 amide bonds. The Bertz CT molecular complexity index is 104. The summed E-state index contributed by atoms with van der Waals surface area (Å²) in [5.41, 5.74) is 0.906. The first-order valence-corrected chi connectivity index (χ1v) is 3.27. The van der Waals surface area contributed by atoms with Crippen LogP contribution in [0.3, 0.4) is 0 Å². The fourth-order valence-electron chi connectivity index (χ4n) is 0.0596. The summed E-state index contributed by atoms with van der Waals surface area (Å²) < 4.78 is 0.882. The van der Waals surface area contributed by atoms with Crippen molar-refractivity contribution in [2.75, 3.05) is 0 Å². The first-order chi connectivity index (χ1) is 3.18. The minimum Gasteiger partial charge on any atom is -0.308 e. The SMILES string of the molecule is C/C(C=N)=C(/S)I. The van der Waals surface area contributed by atoms with Gasteiger partial charge in [0, 0.05) is 9.13 Å². The van der Waals surface area contributed by atoms with Crippen molar-refractivity contribution in [3.63, 3.8) is 0 Å². The van der Waals surface area contributed by atoms with Crippen LogP contribution in [0.1, 0.15) is 6.92 Å². The highest BCUT2D eigenvalue weighted by Crippen LogP contribution is 2.13. The first kappa shape index (κ1) is 7.49. The molecule has 0 aromatic heterocycles. The molecule has 0 aromatic rings. The van der Waals surface area contributed by atoms with Crippen LogP contribution in [0.15, 0.2) is 8.48 Å². The van der Waals surface area contributed by atoms with Crippen LogP contribution in [0, 0.1) is 5.41 Å². The molecule has 0 aromatic carbocycles. The Labute approximate surface area is 62.2 Å². The van der Waals surface area contributed by atoms with Crippen molar-refractivity contribution in [3.05, 3.63) is 8.48 Å². The van der Waals surface area contributed by atoms with Crippen molar-refractivity contribution in [2.45, 2.75) is 6.92 Å². The lowest BCUT2D eigenvalue weighted by molar-refractivity contribution is 1.52.